The van der Waals surface area contributed by atoms with Gasteiger partial charge in [-0.05, 0) is 59.1 Å². The highest BCUT2D eigenvalue weighted by molar-refractivity contribution is 14.1. The number of amides is 2. The largest absolute Gasteiger partial charge is 0.339 e. The lowest BCUT2D eigenvalue weighted by molar-refractivity contribution is 0.212. The molecule has 1 atom stereocenters. The number of carbonyl (C=O) groups is 1. The average molecular weight is 496 g/mol. The molecule has 0 saturated carbocycles. The maximum Gasteiger partial charge on any atom is 0.318 e. The first-order chi connectivity index (χ1) is 10.1. The molecule has 0 radical (unpaired) electrons. The van der Waals surface area contributed by atoms with Crippen LogP contribution < -0.4 is 16.0 Å². The van der Waals surface area contributed by atoms with Crippen molar-refractivity contribution in [3.63, 3.8) is 0 Å². The van der Waals surface area contributed by atoms with Crippen LogP contribution in [0.2, 0.25) is 0 Å². The minimum absolute atomic E-state index is 0.219. The molecule has 0 heterocycles. The molecule has 22 heavy (non-hydrogen) atoms. The highest BCUT2D eigenvalue weighted by Gasteiger charge is 2.35. The Kier molecular flexibility index (Phi) is 7.73. The number of benzene rings is 1. The van der Waals surface area contributed by atoms with E-state index in [2.05, 4.69) is 38.5 Å². The second-order valence-corrected chi connectivity index (χ2v) is 8.45. The first-order valence-corrected chi connectivity index (χ1v) is 8.59. The number of anilines is 1. The zero-order chi connectivity index (χ0) is 16.9. The van der Waals surface area contributed by atoms with E-state index in [-0.39, 0.29) is 5.11 Å². The Morgan fingerprint density at radius 2 is 1.77 bits per heavy atom. The number of nitrogens with one attached hydrogen (secondary N) is 3. The molecule has 1 rings (SSSR count). The highest BCUT2D eigenvalue weighted by Crippen LogP contribution is 2.29. The van der Waals surface area contributed by atoms with E-state index >= 15 is 0 Å². The lowest BCUT2D eigenvalue weighted by Gasteiger charge is -2.28. The molecule has 2 amide bonds. The highest BCUT2D eigenvalue weighted by atomic mass is 127. The number of hydrogen-bond acceptors (Lipinski definition) is 2. The fraction of sp³-hybridized carbons (Fsp3) is 0.333. The van der Waals surface area contributed by atoms with Gasteiger partial charge in [-0.2, -0.15) is 0 Å². The molecule has 0 saturated heterocycles. The SMILES string of the molecule is CN(C)C(=O)N[C@H](NC(=S)Nc1ccc(I)cc1)C(Cl)(Cl)Cl. The number of rotatable bonds is 3. The molecule has 0 unspecified atom stereocenters. The maximum absolute atomic E-state index is 11.7. The van der Waals surface area contributed by atoms with Gasteiger partial charge in [0, 0.05) is 23.4 Å². The molecule has 0 aliphatic carbocycles. The molecule has 0 bridgehead atoms. The van der Waals surface area contributed by atoms with Gasteiger partial charge in [0.15, 0.2) is 11.3 Å². The van der Waals surface area contributed by atoms with Gasteiger partial charge < -0.3 is 20.9 Å². The molecule has 3 N–H and O–H groups in total. The molecule has 0 aliphatic heterocycles. The summed E-state index contributed by atoms with van der Waals surface area (Å²) in [6.07, 6.45) is -0.990. The molecule has 1 aromatic carbocycles. The predicted molar refractivity (Wildman–Crippen MR) is 105 cm³/mol. The summed E-state index contributed by atoms with van der Waals surface area (Å²) in [5.41, 5.74) is 0.778. The smallest absolute Gasteiger partial charge is 0.318 e. The normalized spacial score (nSPS) is 12.3. The summed E-state index contributed by atoms with van der Waals surface area (Å²) >= 11 is 25.0. The van der Waals surface area contributed by atoms with Crippen molar-refractivity contribution in [2.75, 3.05) is 19.4 Å². The molecule has 0 aliphatic rings. The standard InChI is InChI=1S/C12H14Cl3IN4OS/c1-20(2)11(21)19-9(12(13,14)15)18-10(22)17-8-5-3-7(16)4-6-8/h3-6,9H,1-2H3,(H,19,21)(H2,17,18,22)/t9-/m0/s1. The van der Waals surface area contributed by atoms with E-state index in [9.17, 15) is 4.79 Å². The van der Waals surface area contributed by atoms with E-state index in [1.807, 2.05) is 24.3 Å². The molecule has 1 aromatic rings. The van der Waals surface area contributed by atoms with E-state index in [1.54, 1.807) is 14.1 Å². The van der Waals surface area contributed by atoms with Crippen molar-refractivity contribution in [2.45, 2.75) is 9.96 Å². The second kappa shape index (κ2) is 8.58. The lowest BCUT2D eigenvalue weighted by atomic mass is 10.3. The van der Waals surface area contributed by atoms with Crippen molar-refractivity contribution in [2.24, 2.45) is 0 Å². The molecular weight excluding hydrogens is 481 g/mol. The molecule has 0 fully saturated rings. The van der Waals surface area contributed by atoms with Gasteiger partial charge in [-0.1, -0.05) is 34.8 Å². The molecule has 122 valence electrons. The van der Waals surface area contributed by atoms with Crippen LogP contribution in [0.25, 0.3) is 0 Å². The van der Waals surface area contributed by atoms with Crippen LogP contribution in [0, 0.1) is 3.57 Å². The third kappa shape index (κ3) is 6.91. The van der Waals surface area contributed by atoms with E-state index in [0.29, 0.717) is 0 Å². The molecule has 5 nitrogen and oxygen atoms in total. The van der Waals surface area contributed by atoms with Crippen LogP contribution in [0.4, 0.5) is 10.5 Å². The number of nitrogens with zero attached hydrogens (tertiary/aromatic N) is 1. The minimum Gasteiger partial charge on any atom is -0.339 e. The van der Waals surface area contributed by atoms with Gasteiger partial charge in [-0.15, -0.1) is 0 Å². The van der Waals surface area contributed by atoms with Crippen LogP contribution >= 0.6 is 69.6 Å². The summed E-state index contributed by atoms with van der Waals surface area (Å²) in [5, 5.41) is 8.47. The summed E-state index contributed by atoms with van der Waals surface area (Å²) in [6.45, 7) is 0. The van der Waals surface area contributed by atoms with Crippen LogP contribution in [0.3, 0.4) is 0 Å². The van der Waals surface area contributed by atoms with E-state index in [1.165, 1.54) is 4.90 Å². The Bertz CT molecular complexity index is 536. The third-order valence-corrected chi connectivity index (χ3v) is 3.97. The Morgan fingerprint density at radius 1 is 1.23 bits per heavy atom. The number of hydrogen-bond donors (Lipinski definition) is 3. The molecular formula is C12H14Cl3IN4OS. The first kappa shape index (κ1) is 19.8. The Morgan fingerprint density at radius 3 is 2.23 bits per heavy atom. The number of halogens is 4. The quantitative estimate of drug-likeness (QED) is 0.260. The monoisotopic (exact) mass is 494 g/mol. The Balaban J connectivity index is 2.70. The molecule has 0 aromatic heterocycles. The van der Waals surface area contributed by atoms with Crippen LogP contribution in [-0.4, -0.2) is 40.1 Å². The van der Waals surface area contributed by atoms with E-state index in [4.69, 9.17) is 47.0 Å². The third-order valence-electron chi connectivity index (χ3n) is 2.38. The van der Waals surface area contributed by atoms with Crippen molar-refractivity contribution in [3.8, 4) is 0 Å². The summed E-state index contributed by atoms with van der Waals surface area (Å²) in [5.74, 6) is 0. The van der Waals surface area contributed by atoms with Gasteiger partial charge in [0.05, 0.1) is 0 Å². The maximum atomic E-state index is 11.7. The second-order valence-electron chi connectivity index (χ2n) is 4.42. The van der Waals surface area contributed by atoms with E-state index < -0.39 is 16.0 Å². The molecule has 0 spiro atoms. The number of alkyl halides is 3. The van der Waals surface area contributed by atoms with Gasteiger partial charge in [0.1, 0.15) is 0 Å². The Labute approximate surface area is 163 Å². The topological polar surface area (TPSA) is 56.4 Å². The van der Waals surface area contributed by atoms with Crippen molar-refractivity contribution in [1.82, 2.24) is 15.5 Å². The lowest BCUT2D eigenvalue weighted by Crippen LogP contribution is -2.57. The van der Waals surface area contributed by atoms with Gasteiger partial charge >= 0.3 is 6.03 Å². The average Bonchev–Trinajstić information content (AvgIpc) is 2.39. The van der Waals surface area contributed by atoms with Gasteiger partial charge in [-0.25, -0.2) is 4.79 Å². The zero-order valence-electron chi connectivity index (χ0n) is 11.7. The summed E-state index contributed by atoms with van der Waals surface area (Å²) in [6, 6.07) is 7.15. The van der Waals surface area contributed by atoms with E-state index in [0.717, 1.165) is 9.26 Å². The summed E-state index contributed by atoms with van der Waals surface area (Å²) in [4.78, 5) is 13.0. The fourth-order valence-electron chi connectivity index (χ4n) is 1.28. The summed E-state index contributed by atoms with van der Waals surface area (Å²) in [7, 11) is 3.15. The number of thiocarbonyl (C=S) groups is 1. The molecule has 10 heteroatoms. The Hall–Kier alpha value is -0.220. The van der Waals surface area contributed by atoms with Gasteiger partial charge in [0.25, 0.3) is 0 Å². The van der Waals surface area contributed by atoms with Crippen LogP contribution in [0.1, 0.15) is 0 Å². The van der Waals surface area contributed by atoms with Crippen LogP contribution in [-0.2, 0) is 0 Å². The number of urea groups is 1. The predicted octanol–water partition coefficient (Wildman–Crippen LogP) is 3.55. The summed E-state index contributed by atoms with van der Waals surface area (Å²) < 4.78 is -0.678. The minimum atomic E-state index is -1.77. The van der Waals surface area contributed by atoms with Crippen LogP contribution in [0.5, 0.6) is 0 Å². The van der Waals surface area contributed by atoms with Crippen molar-refractivity contribution in [3.05, 3.63) is 27.8 Å². The van der Waals surface area contributed by atoms with Gasteiger partial charge in [0.2, 0.25) is 3.79 Å². The zero-order valence-corrected chi connectivity index (χ0v) is 16.9. The van der Waals surface area contributed by atoms with Crippen LogP contribution in [0.15, 0.2) is 24.3 Å². The first-order valence-electron chi connectivity index (χ1n) is 5.97. The van der Waals surface area contributed by atoms with Crippen molar-refractivity contribution < 1.29 is 4.79 Å². The van der Waals surface area contributed by atoms with Gasteiger partial charge in [-0.3, -0.25) is 0 Å². The fourth-order valence-corrected chi connectivity index (χ4v) is 2.21. The van der Waals surface area contributed by atoms with Crippen molar-refractivity contribution >= 4 is 86.4 Å². The number of carbonyl (C=O) groups excluding carboxylic acids is 1. The van der Waals surface area contributed by atoms with Crippen molar-refractivity contribution in [1.29, 1.82) is 0 Å².